The lowest BCUT2D eigenvalue weighted by atomic mass is 10.2. The minimum absolute atomic E-state index is 0.829. The zero-order valence-electron chi connectivity index (χ0n) is 7.34. The van der Waals surface area contributed by atoms with Crippen LogP contribution < -0.4 is 0 Å². The molecule has 0 rings (SSSR count). The number of unbranched alkanes of at least 4 members (excludes halogenated alkanes) is 1. The predicted molar refractivity (Wildman–Crippen MR) is 48.5 cm³/mol. The van der Waals surface area contributed by atoms with Gasteiger partial charge in [-0.05, 0) is 31.8 Å². The first-order chi connectivity index (χ1) is 5.31. The Bertz CT molecular complexity index is 154. The summed E-state index contributed by atoms with van der Waals surface area (Å²) in [6.07, 6.45) is 10.3. The van der Waals surface area contributed by atoms with Crippen molar-refractivity contribution in [2.45, 2.75) is 33.1 Å². The third-order valence-electron chi connectivity index (χ3n) is 1.39. The minimum atomic E-state index is 0.829. The van der Waals surface area contributed by atoms with E-state index in [0.717, 1.165) is 31.1 Å². The summed E-state index contributed by atoms with van der Waals surface area (Å²) >= 11 is 0. The fraction of sp³-hybridized carbons (Fsp3) is 0.500. The fourth-order valence-corrected chi connectivity index (χ4v) is 0.740. The van der Waals surface area contributed by atoms with Crippen LogP contribution in [0.3, 0.4) is 0 Å². The highest BCUT2D eigenvalue weighted by atomic mass is 16.1. The largest absolute Gasteiger partial charge is 0.298 e. The van der Waals surface area contributed by atoms with Gasteiger partial charge in [0, 0.05) is 0 Å². The van der Waals surface area contributed by atoms with E-state index in [0.29, 0.717) is 0 Å². The van der Waals surface area contributed by atoms with E-state index in [-0.39, 0.29) is 0 Å². The SMILES string of the molecule is CCC=CCCC=C(C)C=O. The van der Waals surface area contributed by atoms with Crippen molar-refractivity contribution in [2.75, 3.05) is 0 Å². The summed E-state index contributed by atoms with van der Waals surface area (Å²) in [5.41, 5.74) is 0.829. The Morgan fingerprint density at radius 3 is 2.55 bits per heavy atom. The third-order valence-corrected chi connectivity index (χ3v) is 1.39. The molecule has 1 nitrogen and oxygen atoms in total. The summed E-state index contributed by atoms with van der Waals surface area (Å²) in [5.74, 6) is 0. The van der Waals surface area contributed by atoms with Gasteiger partial charge in [-0.15, -0.1) is 0 Å². The summed E-state index contributed by atoms with van der Waals surface area (Å²) < 4.78 is 0. The van der Waals surface area contributed by atoms with Crippen LogP contribution in [0.2, 0.25) is 0 Å². The normalized spacial score (nSPS) is 12.4. The van der Waals surface area contributed by atoms with E-state index >= 15 is 0 Å². The van der Waals surface area contributed by atoms with Crippen LogP contribution in [0.1, 0.15) is 33.1 Å². The lowest BCUT2D eigenvalue weighted by molar-refractivity contribution is -0.104. The van der Waals surface area contributed by atoms with Crippen molar-refractivity contribution in [2.24, 2.45) is 0 Å². The molecular weight excluding hydrogens is 136 g/mol. The van der Waals surface area contributed by atoms with Crippen molar-refractivity contribution in [3.8, 4) is 0 Å². The van der Waals surface area contributed by atoms with Gasteiger partial charge >= 0.3 is 0 Å². The van der Waals surface area contributed by atoms with Crippen molar-refractivity contribution in [1.82, 2.24) is 0 Å². The Balaban J connectivity index is 3.40. The molecule has 11 heavy (non-hydrogen) atoms. The van der Waals surface area contributed by atoms with Gasteiger partial charge < -0.3 is 0 Å². The highest BCUT2D eigenvalue weighted by molar-refractivity contribution is 5.71. The first-order valence-electron chi connectivity index (χ1n) is 4.08. The number of hydrogen-bond donors (Lipinski definition) is 0. The minimum Gasteiger partial charge on any atom is -0.298 e. The standard InChI is InChI=1S/C10H16O/c1-3-4-5-6-7-8-10(2)9-11/h4-5,8-9H,3,6-7H2,1-2H3. The average Bonchev–Trinajstić information content (AvgIpc) is 2.04. The molecule has 0 aromatic carbocycles. The third kappa shape index (κ3) is 7.04. The van der Waals surface area contributed by atoms with Crippen LogP contribution >= 0.6 is 0 Å². The molecule has 0 bridgehead atoms. The zero-order chi connectivity index (χ0) is 8.53. The smallest absolute Gasteiger partial charge is 0.145 e. The highest BCUT2D eigenvalue weighted by Crippen LogP contribution is 1.97. The summed E-state index contributed by atoms with van der Waals surface area (Å²) in [4.78, 5) is 10.1. The number of carbonyl (C=O) groups is 1. The van der Waals surface area contributed by atoms with Crippen molar-refractivity contribution in [3.63, 3.8) is 0 Å². The summed E-state index contributed by atoms with van der Waals surface area (Å²) in [6, 6.07) is 0. The van der Waals surface area contributed by atoms with E-state index in [1.807, 2.05) is 13.0 Å². The lowest BCUT2D eigenvalue weighted by Gasteiger charge is -1.87. The van der Waals surface area contributed by atoms with Crippen LogP contribution in [0, 0.1) is 0 Å². The Kier molecular flexibility index (Phi) is 6.70. The maximum Gasteiger partial charge on any atom is 0.145 e. The van der Waals surface area contributed by atoms with Crippen LogP contribution in [-0.2, 0) is 4.79 Å². The topological polar surface area (TPSA) is 17.1 Å². The van der Waals surface area contributed by atoms with E-state index < -0.39 is 0 Å². The summed E-state index contributed by atoms with van der Waals surface area (Å²) in [6.45, 7) is 3.94. The number of aldehydes is 1. The van der Waals surface area contributed by atoms with Gasteiger partial charge in [-0.25, -0.2) is 0 Å². The molecule has 0 amide bonds. The van der Waals surface area contributed by atoms with Crippen LogP contribution in [0.15, 0.2) is 23.8 Å². The van der Waals surface area contributed by atoms with Gasteiger partial charge in [0.25, 0.3) is 0 Å². The maximum absolute atomic E-state index is 10.1. The van der Waals surface area contributed by atoms with E-state index in [2.05, 4.69) is 19.1 Å². The molecule has 0 fully saturated rings. The molecule has 0 atom stereocenters. The summed E-state index contributed by atoms with van der Waals surface area (Å²) in [5, 5.41) is 0. The van der Waals surface area contributed by atoms with E-state index in [9.17, 15) is 4.79 Å². The maximum atomic E-state index is 10.1. The average molecular weight is 152 g/mol. The molecule has 0 aliphatic rings. The van der Waals surface area contributed by atoms with E-state index in [1.54, 1.807) is 0 Å². The molecule has 0 N–H and O–H groups in total. The van der Waals surface area contributed by atoms with Gasteiger partial charge in [0.05, 0.1) is 0 Å². The zero-order valence-corrected chi connectivity index (χ0v) is 7.34. The molecule has 0 heterocycles. The van der Waals surface area contributed by atoms with Crippen molar-refractivity contribution in [1.29, 1.82) is 0 Å². The van der Waals surface area contributed by atoms with Gasteiger partial charge in [-0.3, -0.25) is 4.79 Å². The molecule has 0 aliphatic heterocycles. The van der Waals surface area contributed by atoms with Crippen LogP contribution in [-0.4, -0.2) is 6.29 Å². The molecule has 0 aliphatic carbocycles. The van der Waals surface area contributed by atoms with Gasteiger partial charge in [0.15, 0.2) is 0 Å². The van der Waals surface area contributed by atoms with Gasteiger partial charge in [0.2, 0.25) is 0 Å². The number of hydrogen-bond acceptors (Lipinski definition) is 1. The molecule has 1 heteroatoms. The second-order valence-electron chi connectivity index (χ2n) is 2.52. The number of rotatable bonds is 5. The molecule has 0 unspecified atom stereocenters. The van der Waals surface area contributed by atoms with Crippen molar-refractivity contribution in [3.05, 3.63) is 23.8 Å². The van der Waals surface area contributed by atoms with Gasteiger partial charge in [0.1, 0.15) is 6.29 Å². The first-order valence-corrected chi connectivity index (χ1v) is 4.08. The molecule has 0 aromatic rings. The molecule has 0 saturated carbocycles. The lowest BCUT2D eigenvalue weighted by Crippen LogP contribution is -1.75. The van der Waals surface area contributed by atoms with E-state index in [4.69, 9.17) is 0 Å². The van der Waals surface area contributed by atoms with Gasteiger partial charge in [-0.1, -0.05) is 25.2 Å². The van der Waals surface area contributed by atoms with Crippen LogP contribution in [0.25, 0.3) is 0 Å². The molecular formula is C10H16O. The number of carbonyl (C=O) groups excluding carboxylic acids is 1. The second kappa shape index (κ2) is 7.26. The number of allylic oxidation sites excluding steroid dienone is 4. The Morgan fingerprint density at radius 2 is 2.00 bits per heavy atom. The van der Waals surface area contributed by atoms with Crippen LogP contribution in [0.5, 0.6) is 0 Å². The van der Waals surface area contributed by atoms with Gasteiger partial charge in [-0.2, -0.15) is 0 Å². The second-order valence-corrected chi connectivity index (χ2v) is 2.52. The molecule has 0 aromatic heterocycles. The Morgan fingerprint density at radius 1 is 1.27 bits per heavy atom. The van der Waals surface area contributed by atoms with Crippen LogP contribution in [0.4, 0.5) is 0 Å². The first kappa shape index (κ1) is 10.2. The molecule has 0 spiro atoms. The Hall–Kier alpha value is -0.850. The Labute approximate surface area is 68.8 Å². The predicted octanol–water partition coefficient (Wildman–Crippen LogP) is 2.88. The monoisotopic (exact) mass is 152 g/mol. The highest BCUT2D eigenvalue weighted by Gasteiger charge is 1.81. The molecule has 62 valence electrons. The quantitative estimate of drug-likeness (QED) is 0.256. The van der Waals surface area contributed by atoms with E-state index in [1.165, 1.54) is 0 Å². The van der Waals surface area contributed by atoms with Crippen molar-refractivity contribution >= 4 is 6.29 Å². The fourth-order valence-electron chi connectivity index (χ4n) is 0.740. The summed E-state index contributed by atoms with van der Waals surface area (Å²) in [7, 11) is 0. The molecule has 0 saturated heterocycles. The molecule has 0 radical (unpaired) electrons. The van der Waals surface area contributed by atoms with Crippen molar-refractivity contribution < 1.29 is 4.79 Å².